The molecular weight excluding hydrogens is 168 g/mol. The first-order valence-electron chi connectivity index (χ1n) is 4.46. The minimum Gasteiger partial charge on any atom is -0.350 e. The van der Waals surface area contributed by atoms with Crippen molar-refractivity contribution in [1.29, 1.82) is 0 Å². The monoisotopic (exact) mass is 184 g/mol. The van der Waals surface area contributed by atoms with Gasteiger partial charge in [0.25, 0.3) is 0 Å². The largest absolute Gasteiger partial charge is 0.350 e. The van der Waals surface area contributed by atoms with Crippen LogP contribution in [0.2, 0.25) is 0 Å². The summed E-state index contributed by atoms with van der Waals surface area (Å²) in [6, 6.07) is 0.356. The summed E-state index contributed by atoms with van der Waals surface area (Å²) in [4.78, 5) is 0. The topological polar surface area (TPSA) is 81.7 Å². The molecule has 1 aromatic heterocycles. The van der Waals surface area contributed by atoms with E-state index in [-0.39, 0.29) is 0 Å². The van der Waals surface area contributed by atoms with Crippen LogP contribution in [0.4, 0.5) is 5.95 Å². The first kappa shape index (κ1) is 9.91. The third kappa shape index (κ3) is 2.66. The molecule has 0 fully saturated rings. The zero-order chi connectivity index (χ0) is 9.68. The van der Waals surface area contributed by atoms with Gasteiger partial charge in [0.2, 0.25) is 5.95 Å². The normalized spacial score (nSPS) is 12.8. The van der Waals surface area contributed by atoms with Gasteiger partial charge >= 0.3 is 0 Å². The van der Waals surface area contributed by atoms with E-state index in [2.05, 4.69) is 27.8 Å². The van der Waals surface area contributed by atoms with E-state index in [1.807, 2.05) is 0 Å². The zero-order valence-electron chi connectivity index (χ0n) is 8.06. The Labute approximate surface area is 77.5 Å². The summed E-state index contributed by atoms with van der Waals surface area (Å²) in [6.07, 6.45) is 1.95. The molecule has 74 valence electrons. The number of rotatable bonds is 5. The van der Waals surface area contributed by atoms with Gasteiger partial charge < -0.3 is 11.1 Å². The second-order valence-electron chi connectivity index (χ2n) is 2.95. The van der Waals surface area contributed by atoms with Crippen LogP contribution >= 0.6 is 0 Å². The standard InChI is InChI=1S/C7H16N6/c1-3-6(4-5-8)9-7-10-11-12-13(7)2/h6H,3-5,8H2,1-2H3,(H,9,10,12). The highest BCUT2D eigenvalue weighted by molar-refractivity contribution is 5.22. The zero-order valence-corrected chi connectivity index (χ0v) is 8.06. The number of aromatic nitrogens is 4. The number of nitrogens with two attached hydrogens (primary N) is 1. The van der Waals surface area contributed by atoms with E-state index >= 15 is 0 Å². The summed E-state index contributed by atoms with van der Waals surface area (Å²) in [5.74, 6) is 0.695. The van der Waals surface area contributed by atoms with Crippen molar-refractivity contribution < 1.29 is 0 Å². The van der Waals surface area contributed by atoms with Gasteiger partial charge in [0, 0.05) is 13.1 Å². The van der Waals surface area contributed by atoms with Crippen molar-refractivity contribution >= 4 is 5.95 Å². The average Bonchev–Trinajstić information content (AvgIpc) is 2.51. The van der Waals surface area contributed by atoms with Crippen molar-refractivity contribution in [2.45, 2.75) is 25.8 Å². The van der Waals surface area contributed by atoms with Gasteiger partial charge in [0.1, 0.15) is 0 Å². The van der Waals surface area contributed by atoms with Crippen molar-refractivity contribution in [2.75, 3.05) is 11.9 Å². The fourth-order valence-electron chi connectivity index (χ4n) is 1.11. The molecule has 0 aliphatic rings. The minimum absolute atomic E-state index is 0.356. The Hall–Kier alpha value is -1.17. The molecule has 0 radical (unpaired) electrons. The molecule has 0 amide bonds. The molecule has 6 heteroatoms. The van der Waals surface area contributed by atoms with E-state index in [4.69, 9.17) is 5.73 Å². The van der Waals surface area contributed by atoms with Gasteiger partial charge in [0.15, 0.2) is 0 Å². The van der Waals surface area contributed by atoms with Crippen LogP contribution in [0.1, 0.15) is 19.8 Å². The Balaban J connectivity index is 2.51. The van der Waals surface area contributed by atoms with Gasteiger partial charge in [-0.1, -0.05) is 12.0 Å². The molecule has 13 heavy (non-hydrogen) atoms. The number of aryl methyl sites for hydroxylation is 1. The number of tetrazole rings is 1. The Morgan fingerprint density at radius 2 is 2.38 bits per heavy atom. The van der Waals surface area contributed by atoms with Crippen LogP contribution < -0.4 is 11.1 Å². The molecule has 0 bridgehead atoms. The van der Waals surface area contributed by atoms with Crippen molar-refractivity contribution in [3.63, 3.8) is 0 Å². The van der Waals surface area contributed by atoms with Crippen LogP contribution in [0.5, 0.6) is 0 Å². The first-order valence-corrected chi connectivity index (χ1v) is 4.46. The van der Waals surface area contributed by atoms with Crippen LogP contribution in [-0.4, -0.2) is 32.8 Å². The van der Waals surface area contributed by atoms with E-state index in [9.17, 15) is 0 Å². The molecule has 1 heterocycles. The lowest BCUT2D eigenvalue weighted by atomic mass is 10.1. The summed E-state index contributed by atoms with van der Waals surface area (Å²) in [7, 11) is 1.80. The number of anilines is 1. The van der Waals surface area contributed by atoms with Crippen molar-refractivity contribution in [3.05, 3.63) is 0 Å². The number of hydrogen-bond donors (Lipinski definition) is 2. The van der Waals surface area contributed by atoms with Crippen LogP contribution in [0.25, 0.3) is 0 Å². The summed E-state index contributed by atoms with van der Waals surface area (Å²) in [6.45, 7) is 2.79. The van der Waals surface area contributed by atoms with Crippen molar-refractivity contribution in [1.82, 2.24) is 20.2 Å². The molecule has 0 spiro atoms. The summed E-state index contributed by atoms with van der Waals surface area (Å²) >= 11 is 0. The number of nitrogens with one attached hydrogen (secondary N) is 1. The molecule has 0 aromatic carbocycles. The maximum atomic E-state index is 5.47. The van der Waals surface area contributed by atoms with Gasteiger partial charge in [-0.3, -0.25) is 0 Å². The fraction of sp³-hybridized carbons (Fsp3) is 0.857. The van der Waals surface area contributed by atoms with E-state index in [0.29, 0.717) is 18.5 Å². The van der Waals surface area contributed by atoms with Crippen LogP contribution in [0.15, 0.2) is 0 Å². The van der Waals surface area contributed by atoms with E-state index in [0.717, 1.165) is 12.8 Å². The molecule has 0 saturated carbocycles. The molecular formula is C7H16N6. The lowest BCUT2D eigenvalue weighted by Crippen LogP contribution is -2.24. The van der Waals surface area contributed by atoms with E-state index in [1.165, 1.54) is 0 Å². The Bertz CT molecular complexity index is 245. The predicted octanol–water partition coefficient (Wildman–Crippen LogP) is -0.251. The smallest absolute Gasteiger partial charge is 0.242 e. The molecule has 1 rings (SSSR count). The second-order valence-corrected chi connectivity index (χ2v) is 2.95. The van der Waals surface area contributed by atoms with Gasteiger partial charge in [-0.2, -0.15) is 0 Å². The van der Waals surface area contributed by atoms with Gasteiger partial charge in [-0.05, 0) is 29.8 Å². The predicted molar refractivity (Wildman–Crippen MR) is 50.2 cm³/mol. The minimum atomic E-state index is 0.356. The third-order valence-electron chi connectivity index (χ3n) is 1.96. The van der Waals surface area contributed by atoms with Crippen molar-refractivity contribution in [2.24, 2.45) is 12.8 Å². The van der Waals surface area contributed by atoms with Crippen LogP contribution in [0.3, 0.4) is 0 Å². The van der Waals surface area contributed by atoms with Gasteiger partial charge in [-0.25, -0.2) is 4.68 Å². The maximum Gasteiger partial charge on any atom is 0.242 e. The van der Waals surface area contributed by atoms with Gasteiger partial charge in [-0.15, -0.1) is 0 Å². The fourth-order valence-corrected chi connectivity index (χ4v) is 1.11. The molecule has 3 N–H and O–H groups in total. The number of nitrogens with zero attached hydrogens (tertiary/aromatic N) is 4. The second kappa shape index (κ2) is 4.76. The molecule has 0 aliphatic carbocycles. The molecule has 6 nitrogen and oxygen atoms in total. The SMILES string of the molecule is CCC(CCN)Nc1nnnn1C. The maximum absolute atomic E-state index is 5.47. The molecule has 0 aliphatic heterocycles. The van der Waals surface area contributed by atoms with Crippen LogP contribution in [-0.2, 0) is 7.05 Å². The molecule has 0 saturated heterocycles. The number of hydrogen-bond acceptors (Lipinski definition) is 5. The van der Waals surface area contributed by atoms with E-state index in [1.54, 1.807) is 11.7 Å². The Kier molecular flexibility index (Phi) is 3.63. The van der Waals surface area contributed by atoms with Gasteiger partial charge in [0.05, 0.1) is 0 Å². The third-order valence-corrected chi connectivity index (χ3v) is 1.96. The summed E-state index contributed by atoms with van der Waals surface area (Å²) in [5.41, 5.74) is 5.47. The highest BCUT2D eigenvalue weighted by Gasteiger charge is 2.08. The highest BCUT2D eigenvalue weighted by atomic mass is 15.6. The molecule has 1 unspecified atom stereocenters. The molecule has 1 aromatic rings. The molecule has 1 atom stereocenters. The lowest BCUT2D eigenvalue weighted by Gasteiger charge is -2.14. The highest BCUT2D eigenvalue weighted by Crippen LogP contribution is 2.05. The van der Waals surface area contributed by atoms with E-state index < -0.39 is 0 Å². The van der Waals surface area contributed by atoms with Crippen molar-refractivity contribution in [3.8, 4) is 0 Å². The first-order chi connectivity index (χ1) is 6.27. The Morgan fingerprint density at radius 1 is 1.62 bits per heavy atom. The Morgan fingerprint density at radius 3 is 2.85 bits per heavy atom. The summed E-state index contributed by atoms with van der Waals surface area (Å²) < 4.78 is 1.61. The summed E-state index contributed by atoms with van der Waals surface area (Å²) in [5, 5.41) is 14.3. The quantitative estimate of drug-likeness (QED) is 0.659. The lowest BCUT2D eigenvalue weighted by molar-refractivity contribution is 0.625. The van der Waals surface area contributed by atoms with Crippen LogP contribution in [0, 0.1) is 0 Å². The average molecular weight is 184 g/mol.